The quantitative estimate of drug-likeness (QED) is 0.788. The number of amides is 1. The van der Waals surface area contributed by atoms with Gasteiger partial charge in [-0.15, -0.1) is 0 Å². The number of pyridine rings is 2. The van der Waals surface area contributed by atoms with Gasteiger partial charge in [0.1, 0.15) is 5.82 Å². The van der Waals surface area contributed by atoms with Crippen molar-refractivity contribution in [3.05, 3.63) is 59.9 Å². The fourth-order valence-electron chi connectivity index (χ4n) is 3.15. The normalized spacial score (nSPS) is 14.4. The molecule has 0 radical (unpaired) electrons. The van der Waals surface area contributed by atoms with Crippen molar-refractivity contribution in [2.45, 2.75) is 6.92 Å². The van der Waals surface area contributed by atoms with Gasteiger partial charge in [-0.2, -0.15) is 0 Å². The molecule has 0 bridgehead atoms. The Morgan fingerprint density at radius 2 is 1.96 bits per heavy atom. The molecule has 0 spiro atoms. The summed E-state index contributed by atoms with van der Waals surface area (Å²) in [6, 6.07) is 13.3. The summed E-state index contributed by atoms with van der Waals surface area (Å²) in [5, 5.41) is 3.72. The minimum absolute atomic E-state index is 0.182. The van der Waals surface area contributed by atoms with Crippen LogP contribution in [0.2, 0.25) is 0 Å². The van der Waals surface area contributed by atoms with Crippen LogP contribution >= 0.6 is 0 Å². The summed E-state index contributed by atoms with van der Waals surface area (Å²) in [5.41, 5.74) is 3.27. The second-order valence-corrected chi connectivity index (χ2v) is 6.28. The van der Waals surface area contributed by atoms with Crippen molar-refractivity contribution in [3.63, 3.8) is 0 Å². The van der Waals surface area contributed by atoms with Crippen molar-refractivity contribution in [1.29, 1.82) is 0 Å². The Labute approximate surface area is 151 Å². The first kappa shape index (κ1) is 16.5. The molecule has 3 aromatic rings. The summed E-state index contributed by atoms with van der Waals surface area (Å²) >= 11 is 0. The van der Waals surface area contributed by atoms with E-state index in [2.05, 4.69) is 20.2 Å². The Morgan fingerprint density at radius 3 is 2.73 bits per heavy atom. The number of para-hydroxylation sites is 1. The zero-order valence-electron chi connectivity index (χ0n) is 14.6. The predicted molar refractivity (Wildman–Crippen MR) is 102 cm³/mol. The number of carbonyl (C=O) groups excluding carboxylic acids is 1. The fraction of sp³-hybridized carbons (Fsp3) is 0.250. The van der Waals surface area contributed by atoms with E-state index in [1.54, 1.807) is 12.3 Å². The molecule has 26 heavy (non-hydrogen) atoms. The molecule has 1 N–H and O–H groups in total. The first-order valence-electron chi connectivity index (χ1n) is 8.67. The molecule has 1 aromatic carbocycles. The molecular formula is C20H20N4O2. The van der Waals surface area contributed by atoms with Crippen LogP contribution in [-0.2, 0) is 4.74 Å². The SMILES string of the molecule is Cc1cc(C(=O)Nc2ccc(N3CCOCC3)cn2)c2ccccc2n1. The third-order valence-electron chi connectivity index (χ3n) is 4.45. The van der Waals surface area contributed by atoms with Crippen molar-refractivity contribution in [3.8, 4) is 0 Å². The third kappa shape index (κ3) is 3.36. The van der Waals surface area contributed by atoms with E-state index in [-0.39, 0.29) is 5.91 Å². The van der Waals surface area contributed by atoms with E-state index in [1.807, 2.05) is 43.3 Å². The van der Waals surface area contributed by atoms with E-state index >= 15 is 0 Å². The monoisotopic (exact) mass is 348 g/mol. The molecule has 3 heterocycles. The van der Waals surface area contributed by atoms with Gasteiger partial charge >= 0.3 is 0 Å². The van der Waals surface area contributed by atoms with Gasteiger partial charge in [0.25, 0.3) is 5.91 Å². The summed E-state index contributed by atoms with van der Waals surface area (Å²) in [6.07, 6.45) is 1.79. The molecule has 1 amide bonds. The summed E-state index contributed by atoms with van der Waals surface area (Å²) in [6.45, 7) is 5.06. The summed E-state index contributed by atoms with van der Waals surface area (Å²) in [5.74, 6) is 0.351. The van der Waals surface area contributed by atoms with E-state index in [4.69, 9.17) is 4.74 Å². The average molecular weight is 348 g/mol. The molecule has 0 unspecified atom stereocenters. The number of hydrogen-bond acceptors (Lipinski definition) is 5. The molecule has 0 atom stereocenters. The lowest BCUT2D eigenvalue weighted by molar-refractivity contribution is 0.102. The number of hydrogen-bond donors (Lipinski definition) is 1. The number of aromatic nitrogens is 2. The van der Waals surface area contributed by atoms with Crippen LogP contribution in [0.15, 0.2) is 48.7 Å². The number of nitrogens with one attached hydrogen (secondary N) is 1. The van der Waals surface area contributed by atoms with Gasteiger partial charge in [0.15, 0.2) is 0 Å². The van der Waals surface area contributed by atoms with Crippen molar-refractivity contribution in [2.24, 2.45) is 0 Å². The van der Waals surface area contributed by atoms with Gasteiger partial charge in [0.2, 0.25) is 0 Å². The van der Waals surface area contributed by atoms with Crippen LogP contribution in [0.25, 0.3) is 10.9 Å². The van der Waals surface area contributed by atoms with Gasteiger partial charge in [-0.1, -0.05) is 18.2 Å². The van der Waals surface area contributed by atoms with E-state index in [0.29, 0.717) is 11.4 Å². The zero-order valence-corrected chi connectivity index (χ0v) is 14.6. The third-order valence-corrected chi connectivity index (χ3v) is 4.45. The molecule has 6 nitrogen and oxygen atoms in total. The van der Waals surface area contributed by atoms with Crippen molar-refractivity contribution in [1.82, 2.24) is 9.97 Å². The number of benzene rings is 1. The van der Waals surface area contributed by atoms with Gasteiger partial charge in [-0.3, -0.25) is 9.78 Å². The van der Waals surface area contributed by atoms with Crippen molar-refractivity contribution in [2.75, 3.05) is 36.5 Å². The maximum absolute atomic E-state index is 12.8. The van der Waals surface area contributed by atoms with Crippen LogP contribution in [0.5, 0.6) is 0 Å². The van der Waals surface area contributed by atoms with Crippen molar-refractivity contribution < 1.29 is 9.53 Å². The fourth-order valence-corrected chi connectivity index (χ4v) is 3.15. The van der Waals surface area contributed by atoms with E-state index < -0.39 is 0 Å². The maximum atomic E-state index is 12.8. The number of rotatable bonds is 3. The van der Waals surface area contributed by atoms with Crippen LogP contribution in [0.1, 0.15) is 16.1 Å². The van der Waals surface area contributed by atoms with E-state index in [9.17, 15) is 4.79 Å². The summed E-state index contributed by atoms with van der Waals surface area (Å²) in [4.78, 5) is 23.9. The van der Waals surface area contributed by atoms with E-state index in [0.717, 1.165) is 48.6 Å². The van der Waals surface area contributed by atoms with Crippen LogP contribution in [-0.4, -0.2) is 42.2 Å². The number of anilines is 2. The predicted octanol–water partition coefficient (Wildman–Crippen LogP) is 3.03. The number of ether oxygens (including phenoxy) is 1. The second kappa shape index (κ2) is 7.09. The largest absolute Gasteiger partial charge is 0.378 e. The van der Waals surface area contributed by atoms with E-state index in [1.165, 1.54) is 0 Å². The smallest absolute Gasteiger partial charge is 0.257 e. The Morgan fingerprint density at radius 1 is 1.15 bits per heavy atom. The number of nitrogens with zero attached hydrogens (tertiary/aromatic N) is 3. The highest BCUT2D eigenvalue weighted by molar-refractivity contribution is 6.12. The first-order chi connectivity index (χ1) is 12.7. The maximum Gasteiger partial charge on any atom is 0.257 e. The zero-order chi connectivity index (χ0) is 17.9. The second-order valence-electron chi connectivity index (χ2n) is 6.28. The van der Waals surface area contributed by atoms with Gasteiger partial charge in [0.05, 0.1) is 36.2 Å². The Kier molecular flexibility index (Phi) is 4.50. The molecule has 1 aliphatic rings. The topological polar surface area (TPSA) is 67.4 Å². The lowest BCUT2D eigenvalue weighted by Crippen LogP contribution is -2.36. The van der Waals surface area contributed by atoms with Crippen LogP contribution in [0.4, 0.5) is 11.5 Å². The van der Waals surface area contributed by atoms with Crippen molar-refractivity contribution >= 4 is 28.3 Å². The number of fused-ring (bicyclic) bond motifs is 1. The van der Waals surface area contributed by atoms with Crippen LogP contribution < -0.4 is 10.2 Å². The number of carbonyl (C=O) groups is 1. The highest BCUT2D eigenvalue weighted by atomic mass is 16.5. The molecule has 0 aliphatic carbocycles. The van der Waals surface area contributed by atoms with Gasteiger partial charge in [0, 0.05) is 24.2 Å². The Bertz CT molecular complexity index is 934. The van der Waals surface area contributed by atoms with Gasteiger partial charge in [-0.05, 0) is 31.2 Å². The molecule has 4 rings (SSSR count). The average Bonchev–Trinajstić information content (AvgIpc) is 2.68. The molecule has 132 valence electrons. The highest BCUT2D eigenvalue weighted by Gasteiger charge is 2.14. The minimum Gasteiger partial charge on any atom is -0.378 e. The summed E-state index contributed by atoms with van der Waals surface area (Å²) < 4.78 is 5.37. The molecule has 1 aliphatic heterocycles. The molecular weight excluding hydrogens is 328 g/mol. The molecule has 2 aromatic heterocycles. The molecule has 1 fully saturated rings. The van der Waals surface area contributed by atoms with Crippen LogP contribution in [0.3, 0.4) is 0 Å². The highest BCUT2D eigenvalue weighted by Crippen LogP contribution is 2.20. The minimum atomic E-state index is -0.182. The summed E-state index contributed by atoms with van der Waals surface area (Å²) in [7, 11) is 0. The number of morpholine rings is 1. The first-order valence-corrected chi connectivity index (χ1v) is 8.67. The Hall–Kier alpha value is -2.99. The standard InChI is InChI=1S/C20H20N4O2/c1-14-12-17(16-4-2-3-5-18(16)22-14)20(25)23-19-7-6-15(13-21-19)24-8-10-26-11-9-24/h2-7,12-13H,8-11H2,1H3,(H,21,23,25). The van der Waals surface area contributed by atoms with Gasteiger partial charge in [-0.25, -0.2) is 4.98 Å². The molecule has 0 saturated carbocycles. The molecule has 1 saturated heterocycles. The van der Waals surface area contributed by atoms with Gasteiger partial charge < -0.3 is 15.0 Å². The lowest BCUT2D eigenvalue weighted by atomic mass is 10.1. The lowest BCUT2D eigenvalue weighted by Gasteiger charge is -2.28. The molecule has 6 heteroatoms. The number of aryl methyl sites for hydroxylation is 1. The Balaban J connectivity index is 1.55. The van der Waals surface area contributed by atoms with Crippen LogP contribution in [0, 0.1) is 6.92 Å².